The average molecular weight is 202 g/mol. The van der Waals surface area contributed by atoms with Crippen molar-refractivity contribution in [1.82, 2.24) is 0 Å². The van der Waals surface area contributed by atoms with Gasteiger partial charge in [-0.1, -0.05) is 0 Å². The summed E-state index contributed by atoms with van der Waals surface area (Å²) in [6, 6.07) is 3.16. The van der Waals surface area contributed by atoms with E-state index in [0.717, 1.165) is 19.2 Å². The lowest BCUT2D eigenvalue weighted by Gasteiger charge is -2.05. The highest BCUT2D eigenvalue weighted by Gasteiger charge is 2.15. The Labute approximate surface area is 78.9 Å². The topological polar surface area (TPSA) is 46.5 Å². The number of hydrogen-bond acceptors (Lipinski definition) is 3. The molecule has 0 fully saturated rings. The Balaban J connectivity index is 3.13. The van der Waals surface area contributed by atoms with Gasteiger partial charge in [-0.3, -0.25) is 0 Å². The van der Waals surface area contributed by atoms with Crippen LogP contribution in [0.2, 0.25) is 0 Å². The van der Waals surface area contributed by atoms with Crippen LogP contribution in [0.15, 0.2) is 18.2 Å². The number of ether oxygens (including phenoxy) is 1. The van der Waals surface area contributed by atoms with Crippen LogP contribution < -0.4 is 0 Å². The molecule has 5 heteroatoms. The number of benzene rings is 1. The zero-order valence-corrected chi connectivity index (χ0v) is 7.33. The van der Waals surface area contributed by atoms with E-state index in [1.165, 1.54) is 6.07 Å². The first-order valence-electron chi connectivity index (χ1n) is 3.75. The Morgan fingerprint density at radius 2 is 2.14 bits per heavy atom. The Bertz CT molecular complexity index is 350. The number of phenols is 1. The second kappa shape index (κ2) is 4.04. The highest BCUT2D eigenvalue weighted by atomic mass is 19.3. The molecule has 0 atom stereocenters. The highest BCUT2D eigenvalue weighted by molar-refractivity contribution is 5.89. The molecule has 0 aliphatic carbocycles. The third-order valence-corrected chi connectivity index (χ3v) is 1.68. The lowest BCUT2D eigenvalue weighted by atomic mass is 10.1. The Morgan fingerprint density at radius 3 is 2.64 bits per heavy atom. The molecule has 0 saturated heterocycles. The summed E-state index contributed by atoms with van der Waals surface area (Å²) < 4.78 is 28.9. The van der Waals surface area contributed by atoms with Crippen molar-refractivity contribution in [2.45, 2.75) is 6.43 Å². The number of methoxy groups -OCH3 is 1. The van der Waals surface area contributed by atoms with Crippen molar-refractivity contribution in [2.24, 2.45) is 0 Å². The fourth-order valence-corrected chi connectivity index (χ4v) is 0.974. The lowest BCUT2D eigenvalue weighted by molar-refractivity contribution is 0.0600. The molecule has 3 nitrogen and oxygen atoms in total. The molecule has 1 aromatic carbocycles. The van der Waals surface area contributed by atoms with Crippen molar-refractivity contribution in [2.75, 3.05) is 7.11 Å². The van der Waals surface area contributed by atoms with Crippen LogP contribution in [-0.4, -0.2) is 18.2 Å². The second-order valence-corrected chi connectivity index (χ2v) is 2.57. The van der Waals surface area contributed by atoms with E-state index in [1.54, 1.807) is 0 Å². The number of phenolic OH excluding ortho intramolecular Hbond substituents is 1. The van der Waals surface area contributed by atoms with Crippen LogP contribution >= 0.6 is 0 Å². The molecule has 0 aliphatic rings. The fourth-order valence-electron chi connectivity index (χ4n) is 0.974. The molecule has 0 saturated carbocycles. The van der Waals surface area contributed by atoms with Gasteiger partial charge in [0.15, 0.2) is 0 Å². The van der Waals surface area contributed by atoms with Gasteiger partial charge in [-0.05, 0) is 18.2 Å². The Kier molecular flexibility index (Phi) is 3.01. The van der Waals surface area contributed by atoms with Crippen LogP contribution in [0.4, 0.5) is 8.78 Å². The van der Waals surface area contributed by atoms with Gasteiger partial charge in [-0.25, -0.2) is 13.6 Å². The zero-order chi connectivity index (χ0) is 10.7. The molecule has 0 aromatic heterocycles. The maximum absolute atomic E-state index is 12.3. The largest absolute Gasteiger partial charge is 0.507 e. The molecule has 0 aliphatic heterocycles. The quantitative estimate of drug-likeness (QED) is 0.747. The highest BCUT2D eigenvalue weighted by Crippen LogP contribution is 2.28. The number of carbonyl (C=O) groups excluding carboxylic acids is 1. The Hall–Kier alpha value is -1.65. The van der Waals surface area contributed by atoms with Crippen molar-refractivity contribution < 1.29 is 23.4 Å². The number of aromatic hydroxyl groups is 1. The lowest BCUT2D eigenvalue weighted by Crippen LogP contribution is -2.02. The molecule has 0 amide bonds. The van der Waals surface area contributed by atoms with Crippen molar-refractivity contribution >= 4 is 5.97 Å². The molecule has 1 aromatic rings. The monoisotopic (exact) mass is 202 g/mol. The van der Waals surface area contributed by atoms with Crippen molar-refractivity contribution in [3.05, 3.63) is 29.3 Å². The summed E-state index contributed by atoms with van der Waals surface area (Å²) in [5.74, 6) is -1.25. The van der Waals surface area contributed by atoms with E-state index in [-0.39, 0.29) is 5.56 Å². The minimum atomic E-state index is -2.82. The maximum atomic E-state index is 12.3. The normalized spacial score (nSPS) is 10.3. The van der Waals surface area contributed by atoms with E-state index in [9.17, 15) is 13.6 Å². The van der Waals surface area contributed by atoms with Crippen LogP contribution in [0.1, 0.15) is 22.3 Å². The second-order valence-electron chi connectivity index (χ2n) is 2.57. The molecule has 76 valence electrons. The predicted molar refractivity (Wildman–Crippen MR) is 44.4 cm³/mol. The van der Waals surface area contributed by atoms with Crippen LogP contribution in [0.5, 0.6) is 5.75 Å². The van der Waals surface area contributed by atoms with Gasteiger partial charge in [-0.15, -0.1) is 0 Å². The number of rotatable bonds is 2. The first-order valence-corrected chi connectivity index (χ1v) is 3.75. The van der Waals surface area contributed by atoms with E-state index in [2.05, 4.69) is 4.74 Å². The SMILES string of the molecule is COC(=O)c1ccc(O)c(C(F)F)c1. The average Bonchev–Trinajstić information content (AvgIpc) is 2.17. The summed E-state index contributed by atoms with van der Waals surface area (Å²) in [7, 11) is 1.15. The van der Waals surface area contributed by atoms with Crippen LogP contribution in [0.3, 0.4) is 0 Å². The predicted octanol–water partition coefficient (Wildman–Crippen LogP) is 2.12. The smallest absolute Gasteiger partial charge is 0.337 e. The van der Waals surface area contributed by atoms with Crippen molar-refractivity contribution in [1.29, 1.82) is 0 Å². The number of carbonyl (C=O) groups is 1. The van der Waals surface area contributed by atoms with Crippen LogP contribution in [0, 0.1) is 0 Å². The first kappa shape index (κ1) is 10.4. The molecule has 0 unspecified atom stereocenters. The number of halogens is 2. The number of esters is 1. The van der Waals surface area contributed by atoms with Gasteiger partial charge in [0.25, 0.3) is 6.43 Å². The molecule has 1 N–H and O–H groups in total. The molecular weight excluding hydrogens is 194 g/mol. The van der Waals surface area contributed by atoms with Gasteiger partial charge in [0.05, 0.1) is 18.2 Å². The molecule has 1 rings (SSSR count). The molecule has 0 heterocycles. The molecule has 14 heavy (non-hydrogen) atoms. The van der Waals surface area contributed by atoms with E-state index in [0.29, 0.717) is 0 Å². The van der Waals surface area contributed by atoms with E-state index in [4.69, 9.17) is 5.11 Å². The summed E-state index contributed by atoms with van der Waals surface area (Å²) in [6.07, 6.45) is -2.82. The first-order chi connectivity index (χ1) is 6.56. The maximum Gasteiger partial charge on any atom is 0.337 e. The molecular formula is C9H8F2O3. The minimum absolute atomic E-state index is 0.0133. The number of hydrogen-bond donors (Lipinski definition) is 1. The van der Waals surface area contributed by atoms with Crippen molar-refractivity contribution in [3.63, 3.8) is 0 Å². The standard InChI is InChI=1S/C9H8F2O3/c1-14-9(13)5-2-3-7(12)6(4-5)8(10)11/h2-4,8,12H,1H3. The molecule has 0 radical (unpaired) electrons. The van der Waals surface area contributed by atoms with Gasteiger partial charge in [0.1, 0.15) is 5.75 Å². The fraction of sp³-hybridized carbons (Fsp3) is 0.222. The minimum Gasteiger partial charge on any atom is -0.507 e. The van der Waals surface area contributed by atoms with Gasteiger partial charge in [0, 0.05) is 0 Å². The van der Waals surface area contributed by atoms with Crippen LogP contribution in [0.25, 0.3) is 0 Å². The summed E-state index contributed by atoms with van der Waals surface area (Å²) >= 11 is 0. The Morgan fingerprint density at radius 1 is 1.50 bits per heavy atom. The molecule has 0 spiro atoms. The van der Waals surface area contributed by atoms with Crippen molar-refractivity contribution in [3.8, 4) is 5.75 Å². The summed E-state index contributed by atoms with van der Waals surface area (Å²) in [4.78, 5) is 11.0. The third kappa shape index (κ3) is 1.99. The van der Waals surface area contributed by atoms with Gasteiger partial charge < -0.3 is 9.84 Å². The summed E-state index contributed by atoms with van der Waals surface area (Å²) in [6.45, 7) is 0. The third-order valence-electron chi connectivity index (χ3n) is 1.68. The van der Waals surface area contributed by atoms with Gasteiger partial charge in [-0.2, -0.15) is 0 Å². The van der Waals surface area contributed by atoms with Gasteiger partial charge in [0.2, 0.25) is 0 Å². The summed E-state index contributed by atoms with van der Waals surface area (Å²) in [5, 5.41) is 9.03. The zero-order valence-electron chi connectivity index (χ0n) is 7.33. The van der Waals surface area contributed by atoms with Gasteiger partial charge >= 0.3 is 5.97 Å². The summed E-state index contributed by atoms with van der Waals surface area (Å²) in [5.41, 5.74) is -0.589. The number of alkyl halides is 2. The van der Waals surface area contributed by atoms with Crippen LogP contribution in [-0.2, 0) is 4.74 Å². The van der Waals surface area contributed by atoms with E-state index < -0.39 is 23.7 Å². The van der Waals surface area contributed by atoms with E-state index in [1.807, 2.05) is 0 Å². The van der Waals surface area contributed by atoms with E-state index >= 15 is 0 Å². The molecule has 0 bridgehead atoms.